The molecule has 0 aromatic carbocycles. The molecule has 2 aromatic rings. The van der Waals surface area contributed by atoms with Crippen LogP contribution in [0, 0.1) is 0 Å². The molecule has 0 aliphatic carbocycles. The number of nitrogens with zero attached hydrogens (tertiary/aromatic N) is 2. The van der Waals surface area contributed by atoms with Crippen molar-refractivity contribution >= 4 is 23.2 Å². The normalized spacial score (nSPS) is 10.1. The van der Waals surface area contributed by atoms with Gasteiger partial charge in [-0.2, -0.15) is 0 Å². The van der Waals surface area contributed by atoms with Crippen LogP contribution in [-0.4, -0.2) is 9.97 Å². The van der Waals surface area contributed by atoms with Crippen LogP contribution in [0.1, 0.15) is 0 Å². The Balaban J connectivity index is 2.50. The molecule has 2 rings (SSSR count). The SMILES string of the molecule is Clc1ccc(-c2cccnc2Cl)nc1. The predicted octanol–water partition coefficient (Wildman–Crippen LogP) is 3.45. The van der Waals surface area contributed by atoms with Gasteiger partial charge >= 0.3 is 0 Å². The van der Waals surface area contributed by atoms with Crippen molar-refractivity contribution < 1.29 is 0 Å². The van der Waals surface area contributed by atoms with Crippen molar-refractivity contribution in [3.63, 3.8) is 0 Å². The Morgan fingerprint density at radius 2 is 1.86 bits per heavy atom. The highest BCUT2D eigenvalue weighted by Crippen LogP contribution is 2.24. The maximum atomic E-state index is 5.91. The molecule has 0 bridgehead atoms. The molecule has 4 heteroatoms. The van der Waals surface area contributed by atoms with Crippen LogP contribution in [0.15, 0.2) is 36.7 Å². The van der Waals surface area contributed by atoms with Gasteiger partial charge < -0.3 is 0 Å². The first kappa shape index (κ1) is 9.44. The molecule has 70 valence electrons. The lowest BCUT2D eigenvalue weighted by atomic mass is 10.2. The van der Waals surface area contributed by atoms with Gasteiger partial charge in [0.05, 0.1) is 10.7 Å². The number of hydrogen-bond donors (Lipinski definition) is 0. The summed E-state index contributed by atoms with van der Waals surface area (Å²) in [6.07, 6.45) is 3.22. The first-order valence-corrected chi connectivity index (χ1v) is 4.75. The summed E-state index contributed by atoms with van der Waals surface area (Å²) in [7, 11) is 0. The molecule has 0 aliphatic rings. The lowest BCUT2D eigenvalue weighted by molar-refractivity contribution is 1.28. The molecule has 0 radical (unpaired) electrons. The molecule has 0 amide bonds. The molecule has 0 N–H and O–H groups in total. The lowest BCUT2D eigenvalue weighted by Crippen LogP contribution is -1.85. The van der Waals surface area contributed by atoms with Gasteiger partial charge in [0.1, 0.15) is 5.15 Å². The Kier molecular flexibility index (Phi) is 2.66. The average Bonchev–Trinajstić information content (AvgIpc) is 2.20. The monoisotopic (exact) mass is 224 g/mol. The smallest absolute Gasteiger partial charge is 0.138 e. The van der Waals surface area contributed by atoms with E-state index in [0.29, 0.717) is 10.2 Å². The van der Waals surface area contributed by atoms with Gasteiger partial charge in [-0.15, -0.1) is 0 Å². The second kappa shape index (κ2) is 3.95. The average molecular weight is 225 g/mol. The number of pyridine rings is 2. The van der Waals surface area contributed by atoms with E-state index in [9.17, 15) is 0 Å². The Labute approximate surface area is 91.5 Å². The lowest BCUT2D eigenvalue weighted by Gasteiger charge is -2.01. The number of hydrogen-bond acceptors (Lipinski definition) is 2. The molecule has 0 saturated heterocycles. The fourth-order valence-corrected chi connectivity index (χ4v) is 1.44. The molecule has 2 nitrogen and oxygen atoms in total. The van der Waals surface area contributed by atoms with E-state index < -0.39 is 0 Å². The third-order valence-corrected chi connectivity index (χ3v) is 2.29. The van der Waals surface area contributed by atoms with Crippen molar-refractivity contribution in [3.8, 4) is 11.3 Å². The zero-order chi connectivity index (χ0) is 9.97. The van der Waals surface area contributed by atoms with E-state index in [0.717, 1.165) is 11.3 Å². The molecule has 14 heavy (non-hydrogen) atoms. The van der Waals surface area contributed by atoms with Gasteiger partial charge in [0.2, 0.25) is 0 Å². The Morgan fingerprint density at radius 1 is 1.00 bits per heavy atom. The van der Waals surface area contributed by atoms with E-state index in [1.165, 1.54) is 0 Å². The fraction of sp³-hybridized carbons (Fsp3) is 0. The van der Waals surface area contributed by atoms with Gasteiger partial charge in [-0.05, 0) is 24.3 Å². The van der Waals surface area contributed by atoms with Gasteiger partial charge in [-0.25, -0.2) is 4.98 Å². The maximum absolute atomic E-state index is 5.91. The van der Waals surface area contributed by atoms with Crippen LogP contribution >= 0.6 is 23.2 Å². The molecular weight excluding hydrogens is 219 g/mol. The van der Waals surface area contributed by atoms with Crippen LogP contribution in [-0.2, 0) is 0 Å². The summed E-state index contributed by atoms with van der Waals surface area (Å²) in [5.74, 6) is 0. The minimum atomic E-state index is 0.447. The molecule has 0 aliphatic heterocycles. The largest absolute Gasteiger partial charge is 0.255 e. The number of aromatic nitrogens is 2. The van der Waals surface area contributed by atoms with Crippen molar-refractivity contribution in [2.24, 2.45) is 0 Å². The van der Waals surface area contributed by atoms with Gasteiger partial charge in [-0.1, -0.05) is 23.2 Å². The Hall–Kier alpha value is -1.12. The standard InChI is InChI=1S/C10H6Cl2N2/c11-7-3-4-9(14-6-7)8-2-1-5-13-10(8)12/h1-6H. The van der Waals surface area contributed by atoms with Crippen LogP contribution in [0.5, 0.6) is 0 Å². The summed E-state index contributed by atoms with van der Waals surface area (Å²) in [5, 5.41) is 1.05. The quantitative estimate of drug-likeness (QED) is 0.694. The summed E-state index contributed by atoms with van der Waals surface area (Å²) >= 11 is 11.6. The van der Waals surface area contributed by atoms with Crippen molar-refractivity contribution in [3.05, 3.63) is 46.8 Å². The van der Waals surface area contributed by atoms with Gasteiger partial charge in [0.15, 0.2) is 0 Å². The summed E-state index contributed by atoms with van der Waals surface area (Å²) in [6.45, 7) is 0. The van der Waals surface area contributed by atoms with E-state index in [-0.39, 0.29) is 0 Å². The van der Waals surface area contributed by atoms with Crippen molar-refractivity contribution in [2.75, 3.05) is 0 Å². The van der Waals surface area contributed by atoms with Crippen molar-refractivity contribution in [2.45, 2.75) is 0 Å². The second-order valence-corrected chi connectivity index (χ2v) is 3.50. The summed E-state index contributed by atoms with van der Waals surface area (Å²) in [6, 6.07) is 7.27. The van der Waals surface area contributed by atoms with Crippen molar-refractivity contribution in [1.29, 1.82) is 0 Å². The van der Waals surface area contributed by atoms with Crippen LogP contribution < -0.4 is 0 Å². The zero-order valence-corrected chi connectivity index (χ0v) is 8.63. The summed E-state index contributed by atoms with van der Waals surface area (Å²) in [4.78, 5) is 8.12. The highest BCUT2D eigenvalue weighted by molar-refractivity contribution is 6.32. The van der Waals surface area contributed by atoms with E-state index >= 15 is 0 Å². The molecule has 0 unspecified atom stereocenters. The minimum Gasteiger partial charge on any atom is -0.255 e. The highest BCUT2D eigenvalue weighted by Gasteiger charge is 2.03. The van der Waals surface area contributed by atoms with Gasteiger partial charge in [-0.3, -0.25) is 4.98 Å². The van der Waals surface area contributed by atoms with Gasteiger partial charge in [0, 0.05) is 18.0 Å². The van der Waals surface area contributed by atoms with Crippen LogP contribution in [0.2, 0.25) is 10.2 Å². The van der Waals surface area contributed by atoms with E-state index in [1.54, 1.807) is 18.5 Å². The van der Waals surface area contributed by atoms with Crippen molar-refractivity contribution in [1.82, 2.24) is 9.97 Å². The molecule has 0 atom stereocenters. The predicted molar refractivity (Wildman–Crippen MR) is 57.5 cm³/mol. The summed E-state index contributed by atoms with van der Waals surface area (Å²) < 4.78 is 0. The highest BCUT2D eigenvalue weighted by atomic mass is 35.5. The van der Waals surface area contributed by atoms with E-state index in [1.807, 2.05) is 18.2 Å². The zero-order valence-electron chi connectivity index (χ0n) is 7.11. The molecular formula is C10H6Cl2N2. The minimum absolute atomic E-state index is 0.447. The van der Waals surface area contributed by atoms with Crippen LogP contribution in [0.25, 0.3) is 11.3 Å². The van der Waals surface area contributed by atoms with E-state index in [4.69, 9.17) is 23.2 Å². The van der Waals surface area contributed by atoms with Gasteiger partial charge in [0.25, 0.3) is 0 Å². The first-order valence-electron chi connectivity index (χ1n) is 4.00. The third kappa shape index (κ3) is 1.86. The van der Waals surface area contributed by atoms with Crippen LogP contribution in [0.4, 0.5) is 0 Å². The number of halogens is 2. The topological polar surface area (TPSA) is 25.8 Å². The van der Waals surface area contributed by atoms with Crippen LogP contribution in [0.3, 0.4) is 0 Å². The molecule has 0 saturated carbocycles. The fourth-order valence-electron chi connectivity index (χ4n) is 1.11. The number of rotatable bonds is 1. The molecule has 2 heterocycles. The molecule has 2 aromatic heterocycles. The molecule has 0 fully saturated rings. The van der Waals surface area contributed by atoms with E-state index in [2.05, 4.69) is 9.97 Å². The Morgan fingerprint density at radius 3 is 2.50 bits per heavy atom. The first-order chi connectivity index (χ1) is 6.77. The second-order valence-electron chi connectivity index (χ2n) is 2.70. The Bertz CT molecular complexity index is 440. The third-order valence-electron chi connectivity index (χ3n) is 1.76. The molecule has 0 spiro atoms. The maximum Gasteiger partial charge on any atom is 0.138 e. The summed E-state index contributed by atoms with van der Waals surface area (Å²) in [5.41, 5.74) is 1.58.